The van der Waals surface area contributed by atoms with Gasteiger partial charge in [-0.25, -0.2) is 12.7 Å². The molecule has 1 aromatic rings. The smallest absolute Gasteiger partial charge is 0.242 e. The fourth-order valence-electron chi connectivity index (χ4n) is 3.01. The first-order valence-electron chi connectivity index (χ1n) is 7.74. The lowest BCUT2D eigenvalue weighted by molar-refractivity contribution is 0.131. The molecule has 0 radical (unpaired) electrons. The summed E-state index contributed by atoms with van der Waals surface area (Å²) < 4.78 is 25.7. The van der Waals surface area contributed by atoms with Gasteiger partial charge in [-0.2, -0.15) is 0 Å². The lowest BCUT2D eigenvalue weighted by Crippen LogP contribution is -2.31. The molecule has 124 valence electrons. The van der Waals surface area contributed by atoms with E-state index < -0.39 is 10.0 Å². The van der Waals surface area contributed by atoms with Crippen molar-refractivity contribution in [3.63, 3.8) is 0 Å². The molecule has 1 aliphatic heterocycles. The summed E-state index contributed by atoms with van der Waals surface area (Å²) in [6.07, 6.45) is 2.70. The van der Waals surface area contributed by atoms with Gasteiger partial charge < -0.3 is 5.11 Å². The highest BCUT2D eigenvalue weighted by molar-refractivity contribution is 7.89. The SMILES string of the molecule is CC(O)CC1CCCN1Cc1cccc(S(=O)(=O)N(C)C)c1. The van der Waals surface area contributed by atoms with Gasteiger partial charge in [-0.05, 0) is 50.4 Å². The van der Waals surface area contributed by atoms with Crippen LogP contribution in [0.2, 0.25) is 0 Å². The van der Waals surface area contributed by atoms with Crippen LogP contribution in [0.1, 0.15) is 31.7 Å². The van der Waals surface area contributed by atoms with Gasteiger partial charge in [0, 0.05) is 26.7 Å². The Bertz CT molecular complexity index is 599. The number of benzene rings is 1. The molecule has 1 fully saturated rings. The standard InChI is InChI=1S/C16H26N2O3S/c1-13(19)10-15-7-5-9-18(15)12-14-6-4-8-16(11-14)22(20,21)17(2)3/h4,6,8,11,13,15,19H,5,7,9-10,12H2,1-3H3. The van der Waals surface area contributed by atoms with Crippen LogP contribution in [0.3, 0.4) is 0 Å². The van der Waals surface area contributed by atoms with Crippen molar-refractivity contribution < 1.29 is 13.5 Å². The monoisotopic (exact) mass is 326 g/mol. The molecule has 22 heavy (non-hydrogen) atoms. The molecule has 0 aliphatic carbocycles. The number of sulfonamides is 1. The minimum Gasteiger partial charge on any atom is -0.393 e. The summed E-state index contributed by atoms with van der Waals surface area (Å²) in [6, 6.07) is 7.54. The van der Waals surface area contributed by atoms with Gasteiger partial charge in [-0.1, -0.05) is 12.1 Å². The minimum absolute atomic E-state index is 0.300. The van der Waals surface area contributed by atoms with Gasteiger partial charge in [-0.3, -0.25) is 4.90 Å². The Morgan fingerprint density at radius 1 is 1.41 bits per heavy atom. The predicted molar refractivity (Wildman–Crippen MR) is 87.0 cm³/mol. The maximum Gasteiger partial charge on any atom is 0.242 e. The third-order valence-electron chi connectivity index (χ3n) is 4.17. The van der Waals surface area contributed by atoms with Crippen molar-refractivity contribution in [1.82, 2.24) is 9.21 Å². The number of aliphatic hydroxyl groups is 1. The highest BCUT2D eigenvalue weighted by atomic mass is 32.2. The van der Waals surface area contributed by atoms with E-state index >= 15 is 0 Å². The Kier molecular flexibility index (Phi) is 5.60. The van der Waals surface area contributed by atoms with Gasteiger partial charge in [0.05, 0.1) is 11.0 Å². The highest BCUT2D eigenvalue weighted by Gasteiger charge is 2.26. The van der Waals surface area contributed by atoms with Crippen molar-refractivity contribution in [2.45, 2.75) is 49.8 Å². The quantitative estimate of drug-likeness (QED) is 0.864. The van der Waals surface area contributed by atoms with E-state index in [-0.39, 0.29) is 6.10 Å². The average molecular weight is 326 g/mol. The van der Waals surface area contributed by atoms with E-state index in [1.54, 1.807) is 32.3 Å². The van der Waals surface area contributed by atoms with Gasteiger partial charge in [0.15, 0.2) is 0 Å². The van der Waals surface area contributed by atoms with Gasteiger partial charge in [0.25, 0.3) is 0 Å². The van der Waals surface area contributed by atoms with Crippen molar-refractivity contribution in [3.8, 4) is 0 Å². The third kappa shape index (κ3) is 4.07. The number of nitrogens with zero attached hydrogens (tertiary/aromatic N) is 2. The number of hydrogen-bond acceptors (Lipinski definition) is 4. The van der Waals surface area contributed by atoms with Crippen LogP contribution in [0.15, 0.2) is 29.2 Å². The summed E-state index contributed by atoms with van der Waals surface area (Å²) in [5, 5.41) is 9.60. The Balaban J connectivity index is 2.14. The lowest BCUT2D eigenvalue weighted by Gasteiger charge is -2.25. The lowest BCUT2D eigenvalue weighted by atomic mass is 10.1. The molecule has 2 unspecified atom stereocenters. The number of rotatable bonds is 6. The highest BCUT2D eigenvalue weighted by Crippen LogP contribution is 2.24. The summed E-state index contributed by atoms with van der Waals surface area (Å²) in [4.78, 5) is 2.68. The maximum atomic E-state index is 12.2. The molecule has 0 aromatic heterocycles. The first kappa shape index (κ1) is 17.4. The molecule has 0 bridgehead atoms. The van der Waals surface area contributed by atoms with E-state index in [2.05, 4.69) is 4.90 Å². The Morgan fingerprint density at radius 3 is 2.77 bits per heavy atom. The minimum atomic E-state index is -3.39. The molecule has 0 spiro atoms. The van der Waals surface area contributed by atoms with Crippen LogP contribution >= 0.6 is 0 Å². The topological polar surface area (TPSA) is 60.9 Å². The van der Waals surface area contributed by atoms with E-state index in [4.69, 9.17) is 0 Å². The van der Waals surface area contributed by atoms with Crippen LogP contribution in [0, 0.1) is 0 Å². The second-order valence-corrected chi connectivity index (χ2v) is 8.44. The zero-order valence-corrected chi connectivity index (χ0v) is 14.4. The van der Waals surface area contributed by atoms with Crippen LogP contribution in [-0.4, -0.2) is 55.5 Å². The van der Waals surface area contributed by atoms with Gasteiger partial charge >= 0.3 is 0 Å². The molecule has 1 aliphatic rings. The molecular formula is C16H26N2O3S. The number of likely N-dealkylation sites (tertiary alicyclic amines) is 1. The molecule has 1 N–H and O–H groups in total. The molecule has 1 saturated heterocycles. The van der Waals surface area contributed by atoms with Crippen molar-refractivity contribution in [2.75, 3.05) is 20.6 Å². The Labute approximate surface area is 133 Å². The summed E-state index contributed by atoms with van der Waals surface area (Å²) in [7, 11) is -0.305. The molecule has 5 nitrogen and oxygen atoms in total. The van der Waals surface area contributed by atoms with Crippen molar-refractivity contribution in [2.24, 2.45) is 0 Å². The second-order valence-electron chi connectivity index (χ2n) is 6.29. The van der Waals surface area contributed by atoms with Gasteiger partial charge in [0.1, 0.15) is 0 Å². The Morgan fingerprint density at radius 2 is 2.14 bits per heavy atom. The maximum absolute atomic E-state index is 12.2. The van der Waals surface area contributed by atoms with Crippen molar-refractivity contribution >= 4 is 10.0 Å². The third-order valence-corrected chi connectivity index (χ3v) is 5.99. The summed E-state index contributed by atoms with van der Waals surface area (Å²) in [5.74, 6) is 0. The molecule has 0 amide bonds. The molecule has 1 heterocycles. The fraction of sp³-hybridized carbons (Fsp3) is 0.625. The van der Waals surface area contributed by atoms with Crippen LogP contribution in [0.4, 0.5) is 0 Å². The molecule has 0 saturated carbocycles. The average Bonchev–Trinajstić information content (AvgIpc) is 2.85. The van der Waals surface area contributed by atoms with Crippen molar-refractivity contribution in [1.29, 1.82) is 0 Å². The number of aliphatic hydroxyl groups excluding tert-OH is 1. The molecule has 2 rings (SSSR count). The van der Waals surface area contributed by atoms with E-state index in [9.17, 15) is 13.5 Å². The largest absolute Gasteiger partial charge is 0.393 e. The van der Waals surface area contributed by atoms with Crippen LogP contribution in [-0.2, 0) is 16.6 Å². The van der Waals surface area contributed by atoms with E-state index in [1.165, 1.54) is 4.31 Å². The van der Waals surface area contributed by atoms with Crippen LogP contribution in [0.25, 0.3) is 0 Å². The molecular weight excluding hydrogens is 300 g/mol. The first-order chi connectivity index (χ1) is 10.3. The Hall–Kier alpha value is -0.950. The van der Waals surface area contributed by atoms with Gasteiger partial charge in [0.2, 0.25) is 10.0 Å². The number of hydrogen-bond donors (Lipinski definition) is 1. The van der Waals surface area contributed by atoms with E-state index in [1.807, 2.05) is 13.0 Å². The zero-order chi connectivity index (χ0) is 16.3. The predicted octanol–water partition coefficient (Wildman–Crippen LogP) is 1.67. The van der Waals surface area contributed by atoms with E-state index in [0.29, 0.717) is 10.9 Å². The van der Waals surface area contributed by atoms with Crippen LogP contribution < -0.4 is 0 Å². The fourth-order valence-corrected chi connectivity index (χ4v) is 3.99. The second kappa shape index (κ2) is 7.08. The van der Waals surface area contributed by atoms with Gasteiger partial charge in [-0.15, -0.1) is 0 Å². The van der Waals surface area contributed by atoms with Crippen LogP contribution in [0.5, 0.6) is 0 Å². The normalized spacial score (nSPS) is 21.4. The zero-order valence-electron chi connectivity index (χ0n) is 13.6. The summed E-state index contributed by atoms with van der Waals surface area (Å²) in [5.41, 5.74) is 1.00. The summed E-state index contributed by atoms with van der Waals surface area (Å²) >= 11 is 0. The first-order valence-corrected chi connectivity index (χ1v) is 9.18. The van der Waals surface area contributed by atoms with E-state index in [0.717, 1.165) is 37.9 Å². The summed E-state index contributed by atoms with van der Waals surface area (Å²) in [6.45, 7) is 3.55. The molecule has 6 heteroatoms. The van der Waals surface area contributed by atoms with Crippen molar-refractivity contribution in [3.05, 3.63) is 29.8 Å². The molecule has 1 aromatic carbocycles. The molecule has 2 atom stereocenters.